The molecule has 7 N–H and O–H groups in total. The van der Waals surface area contributed by atoms with E-state index in [4.69, 9.17) is 5.73 Å². The fourth-order valence-corrected chi connectivity index (χ4v) is 5.15. The van der Waals surface area contributed by atoms with E-state index in [0.717, 1.165) is 28.3 Å². The van der Waals surface area contributed by atoms with Crippen LogP contribution in [0.1, 0.15) is 27.8 Å². The molecule has 0 bridgehead atoms. The Morgan fingerprint density at radius 2 is 1.30 bits per heavy atom. The summed E-state index contributed by atoms with van der Waals surface area (Å²) in [5.41, 5.74) is 16.5. The maximum absolute atomic E-state index is 9.40. The lowest BCUT2D eigenvalue weighted by molar-refractivity contribution is 0.436. The first-order chi connectivity index (χ1) is 22.5. The zero-order valence-electron chi connectivity index (χ0n) is 26.2. The molecule has 0 aromatic heterocycles. The monoisotopic (exact) mass is 603 g/mol. The predicted octanol–water partition coefficient (Wildman–Crippen LogP) is 9.66. The molecule has 0 saturated heterocycles. The number of rotatable bonds is 7. The summed E-state index contributed by atoms with van der Waals surface area (Å²) in [5.74, 6) is 8.00. The number of hydrogen-bond acceptors (Lipinski definition) is 4. The van der Waals surface area contributed by atoms with Crippen LogP contribution >= 0.6 is 0 Å². The lowest BCUT2D eigenvalue weighted by Gasteiger charge is -2.13. The molecule has 0 saturated carbocycles. The van der Waals surface area contributed by atoms with Crippen molar-refractivity contribution in [3.63, 3.8) is 0 Å². The Kier molecular flexibility index (Phi) is 12.3. The largest absolute Gasteiger partial charge is 0.509 e. The molecule has 0 atom stereocenters. The van der Waals surface area contributed by atoms with E-state index in [0.29, 0.717) is 5.69 Å². The van der Waals surface area contributed by atoms with Crippen molar-refractivity contribution in [1.82, 2.24) is 0 Å². The summed E-state index contributed by atoms with van der Waals surface area (Å²) in [6.07, 6.45) is 6.46. The van der Waals surface area contributed by atoms with Crippen LogP contribution in [0.4, 0.5) is 5.69 Å². The van der Waals surface area contributed by atoms with Crippen LogP contribution in [0.15, 0.2) is 170 Å². The highest BCUT2D eigenvalue weighted by Gasteiger charge is 2.09. The summed E-state index contributed by atoms with van der Waals surface area (Å²) in [4.78, 5) is 0. The zero-order valence-corrected chi connectivity index (χ0v) is 26.2. The van der Waals surface area contributed by atoms with Gasteiger partial charge in [0, 0.05) is 11.1 Å². The van der Waals surface area contributed by atoms with Crippen molar-refractivity contribution < 1.29 is 5.11 Å². The minimum absolute atomic E-state index is 0.00166. The first-order valence-electron chi connectivity index (χ1n) is 15.1. The Bertz CT molecular complexity index is 1910. The van der Waals surface area contributed by atoms with E-state index in [9.17, 15) is 5.11 Å². The van der Waals surface area contributed by atoms with Gasteiger partial charge in [0.2, 0.25) is 0 Å². The Hall–Kier alpha value is -5.68. The van der Waals surface area contributed by atoms with Gasteiger partial charge in [-0.1, -0.05) is 158 Å². The first-order valence-corrected chi connectivity index (χ1v) is 15.1. The highest BCUT2D eigenvalue weighted by molar-refractivity contribution is 5.99. The van der Waals surface area contributed by atoms with Gasteiger partial charge in [0.05, 0.1) is 0 Å². The van der Waals surface area contributed by atoms with Gasteiger partial charge in [0.25, 0.3) is 0 Å². The second kappa shape index (κ2) is 17.0. The normalized spacial score (nSPS) is 10.9. The van der Waals surface area contributed by atoms with Crippen LogP contribution in [-0.4, -0.2) is 5.11 Å². The zero-order chi connectivity index (χ0) is 32.7. The third-order valence-electron chi connectivity index (χ3n) is 7.46. The number of aliphatic hydroxyl groups is 1. The average Bonchev–Trinajstić information content (AvgIpc) is 3.10. The number of nitrogen functional groups attached to an aromatic ring is 1. The fraction of sp³-hybridized carbons (Fsp3) is 0.0476. The van der Waals surface area contributed by atoms with Crippen molar-refractivity contribution >= 4 is 28.1 Å². The molecule has 0 unspecified atom stereocenters. The number of hydrazine groups is 1. The van der Waals surface area contributed by atoms with Crippen LogP contribution in [0, 0.1) is 6.92 Å². The second-order valence-electron chi connectivity index (χ2n) is 10.7. The molecule has 6 aromatic rings. The van der Waals surface area contributed by atoms with Gasteiger partial charge in [-0.2, -0.15) is 0 Å². The van der Waals surface area contributed by atoms with Gasteiger partial charge in [-0.25, -0.2) is 0 Å². The van der Waals surface area contributed by atoms with E-state index in [1.165, 1.54) is 33.4 Å². The summed E-state index contributed by atoms with van der Waals surface area (Å²) in [6.45, 7) is 5.59. The van der Waals surface area contributed by atoms with Crippen LogP contribution in [0.3, 0.4) is 0 Å². The molecule has 0 heterocycles. The van der Waals surface area contributed by atoms with Crippen molar-refractivity contribution in [1.29, 1.82) is 0 Å². The highest BCUT2D eigenvalue weighted by atomic mass is 16.3. The summed E-state index contributed by atoms with van der Waals surface area (Å²) in [7, 11) is 0. The number of benzene rings is 6. The standard InChI is InChI=1S/C35H29NO.C7H8.H4N2/c1-25(37)15-17-29-18-19-32-24-31(20-22-34(32)35(29)36)33(28-12-6-3-7-13-28)21-16-26-9-8-14-30(23-26)27-10-4-2-5-11-27;1-7-5-3-2-4-6-7;1-2/h2-15,17-24,37H,1,16,36H2;2-6H,1H3;1-2H2/b17-15-,33-21-;;. The SMILES string of the molecule is C=C(O)/C=C\c1ccc2cc(/C(=C\Cc3cccc(-c4ccccc4)c3)c3ccccc3)ccc2c1N.Cc1ccccc1.NN. The molecule has 6 rings (SSSR count). The molecule has 0 aliphatic heterocycles. The van der Waals surface area contributed by atoms with Crippen LogP contribution in [0.2, 0.25) is 0 Å². The minimum atomic E-state index is 0.00166. The Labute approximate surface area is 272 Å². The molecule has 4 nitrogen and oxygen atoms in total. The van der Waals surface area contributed by atoms with Gasteiger partial charge >= 0.3 is 0 Å². The van der Waals surface area contributed by atoms with Crippen LogP contribution in [-0.2, 0) is 6.42 Å². The number of anilines is 1. The molecule has 4 heteroatoms. The summed E-state index contributed by atoms with van der Waals surface area (Å²) in [6, 6.07) is 50.4. The quantitative estimate of drug-likeness (QED) is 0.0480. The molecule has 0 aliphatic rings. The van der Waals surface area contributed by atoms with Gasteiger partial charge in [-0.05, 0) is 75.9 Å². The molecule has 0 fully saturated rings. The lowest BCUT2D eigenvalue weighted by atomic mass is 9.92. The van der Waals surface area contributed by atoms with Gasteiger partial charge in [-0.3, -0.25) is 11.7 Å². The van der Waals surface area contributed by atoms with Crippen LogP contribution < -0.4 is 17.4 Å². The second-order valence-corrected chi connectivity index (χ2v) is 10.7. The molecule has 0 amide bonds. The molecule has 0 aliphatic carbocycles. The average molecular weight is 604 g/mol. The van der Waals surface area contributed by atoms with Gasteiger partial charge < -0.3 is 10.8 Å². The minimum Gasteiger partial charge on any atom is -0.509 e. The number of allylic oxidation sites excluding steroid dienone is 2. The number of nitrogens with two attached hydrogens (primary N) is 3. The van der Waals surface area contributed by atoms with E-state index >= 15 is 0 Å². The van der Waals surface area contributed by atoms with E-state index in [1.54, 1.807) is 12.2 Å². The fourth-order valence-electron chi connectivity index (χ4n) is 5.15. The van der Waals surface area contributed by atoms with Gasteiger partial charge in [0.1, 0.15) is 5.76 Å². The molecular weight excluding hydrogens is 562 g/mol. The third kappa shape index (κ3) is 9.16. The Morgan fingerprint density at radius 1 is 0.674 bits per heavy atom. The summed E-state index contributed by atoms with van der Waals surface area (Å²) >= 11 is 0. The van der Waals surface area contributed by atoms with Crippen molar-refractivity contribution in [3.8, 4) is 11.1 Å². The van der Waals surface area contributed by atoms with Crippen molar-refractivity contribution in [2.45, 2.75) is 13.3 Å². The molecular formula is C42H41N3O. The van der Waals surface area contributed by atoms with E-state index in [2.05, 4.69) is 140 Å². The van der Waals surface area contributed by atoms with Gasteiger partial charge in [0.15, 0.2) is 0 Å². The molecule has 0 radical (unpaired) electrons. The Morgan fingerprint density at radius 3 is 1.93 bits per heavy atom. The molecule has 230 valence electrons. The topological polar surface area (TPSA) is 98.3 Å². The summed E-state index contributed by atoms with van der Waals surface area (Å²) < 4.78 is 0. The maximum atomic E-state index is 9.40. The number of aliphatic hydroxyl groups excluding tert-OH is 1. The highest BCUT2D eigenvalue weighted by Crippen LogP contribution is 2.32. The first kappa shape index (κ1) is 33.2. The van der Waals surface area contributed by atoms with Crippen molar-refractivity contribution in [3.05, 3.63) is 198 Å². The molecule has 6 aromatic carbocycles. The number of fused-ring (bicyclic) bond motifs is 1. The number of hydrogen-bond donors (Lipinski definition) is 4. The van der Waals surface area contributed by atoms with Gasteiger partial charge in [-0.15, -0.1) is 0 Å². The van der Waals surface area contributed by atoms with Crippen LogP contribution in [0.25, 0.3) is 33.5 Å². The van der Waals surface area contributed by atoms with E-state index in [-0.39, 0.29) is 5.76 Å². The maximum Gasteiger partial charge on any atom is 0.108 e. The predicted molar refractivity (Wildman–Crippen MR) is 198 cm³/mol. The van der Waals surface area contributed by atoms with E-state index in [1.807, 2.05) is 36.4 Å². The smallest absolute Gasteiger partial charge is 0.108 e. The molecule has 0 spiro atoms. The van der Waals surface area contributed by atoms with Crippen LogP contribution in [0.5, 0.6) is 0 Å². The van der Waals surface area contributed by atoms with E-state index < -0.39 is 0 Å². The lowest BCUT2D eigenvalue weighted by Crippen LogP contribution is -2.02. The number of aryl methyl sites for hydroxylation is 1. The summed E-state index contributed by atoms with van der Waals surface area (Å²) in [5, 5.41) is 11.5. The van der Waals surface area contributed by atoms with Crippen molar-refractivity contribution in [2.24, 2.45) is 11.7 Å². The van der Waals surface area contributed by atoms with Crippen molar-refractivity contribution in [2.75, 3.05) is 5.73 Å². The third-order valence-corrected chi connectivity index (χ3v) is 7.46. The molecule has 46 heavy (non-hydrogen) atoms. The Balaban J connectivity index is 0.000000466.